The lowest BCUT2D eigenvalue weighted by molar-refractivity contribution is -0.123. The average molecular weight is 629 g/mol. The van der Waals surface area contributed by atoms with Gasteiger partial charge >= 0.3 is 0 Å². The summed E-state index contributed by atoms with van der Waals surface area (Å²) in [6.07, 6.45) is 2.16. The third-order valence-corrected chi connectivity index (χ3v) is 8.35. The number of rotatable bonds is 15. The van der Waals surface area contributed by atoms with Crippen LogP contribution in [0.3, 0.4) is 0 Å². The van der Waals surface area contributed by atoms with E-state index in [1.807, 2.05) is 44.2 Å². The van der Waals surface area contributed by atoms with Crippen LogP contribution in [0.2, 0.25) is 0 Å². The number of anilines is 1. The molecule has 0 bridgehead atoms. The van der Waals surface area contributed by atoms with Gasteiger partial charge in [-0.2, -0.15) is 5.10 Å². The molecule has 2 N–H and O–H groups in total. The van der Waals surface area contributed by atoms with Crippen molar-refractivity contribution in [1.29, 1.82) is 0 Å². The number of ether oxygens (including phenoxy) is 2. The molecule has 0 aromatic heterocycles. The third kappa shape index (κ3) is 9.94. The summed E-state index contributed by atoms with van der Waals surface area (Å²) in [5.41, 5.74) is 5.41. The second-order valence-electron chi connectivity index (χ2n) is 9.99. The van der Waals surface area contributed by atoms with Crippen LogP contribution >= 0.6 is 0 Å². The second-order valence-corrected chi connectivity index (χ2v) is 11.9. The van der Waals surface area contributed by atoms with Crippen molar-refractivity contribution in [1.82, 2.24) is 10.7 Å². The van der Waals surface area contributed by atoms with E-state index >= 15 is 0 Å². The normalized spacial score (nSPS) is 11.2. The van der Waals surface area contributed by atoms with E-state index in [1.165, 1.54) is 18.3 Å². The Morgan fingerprint density at radius 3 is 2.13 bits per heavy atom. The van der Waals surface area contributed by atoms with E-state index in [0.717, 1.165) is 21.9 Å². The molecule has 4 aromatic rings. The van der Waals surface area contributed by atoms with Gasteiger partial charge in [0.2, 0.25) is 0 Å². The highest BCUT2D eigenvalue weighted by Gasteiger charge is 2.27. The van der Waals surface area contributed by atoms with Crippen molar-refractivity contribution in [3.63, 3.8) is 0 Å². The summed E-state index contributed by atoms with van der Waals surface area (Å²) in [5.74, 6) is 0.236. The number of sulfonamides is 1. The molecule has 10 nitrogen and oxygen atoms in total. The van der Waals surface area contributed by atoms with E-state index in [1.54, 1.807) is 60.7 Å². The lowest BCUT2D eigenvalue weighted by atomic mass is 10.1. The molecule has 234 valence electrons. The second kappa shape index (κ2) is 16.1. The monoisotopic (exact) mass is 628 g/mol. The first-order chi connectivity index (χ1) is 21.7. The van der Waals surface area contributed by atoms with Crippen LogP contribution in [0.4, 0.5) is 5.69 Å². The smallest absolute Gasteiger partial charge is 0.264 e. The minimum atomic E-state index is -4.07. The van der Waals surface area contributed by atoms with Crippen LogP contribution in [-0.2, 0) is 26.0 Å². The lowest BCUT2D eigenvalue weighted by Crippen LogP contribution is -2.39. The molecule has 45 heavy (non-hydrogen) atoms. The SMILES string of the molecule is CCOc1ccc(N(CC(=O)N/N=C\c2ccc(OCC(=O)NCCc3ccccc3)cc2)S(=O)(=O)c2ccc(C)cc2)cc1. The highest BCUT2D eigenvalue weighted by molar-refractivity contribution is 7.92. The summed E-state index contributed by atoms with van der Waals surface area (Å²) in [6.45, 7) is 4.08. The Bertz CT molecular complexity index is 1680. The van der Waals surface area contributed by atoms with Gasteiger partial charge < -0.3 is 14.8 Å². The molecule has 0 saturated heterocycles. The van der Waals surface area contributed by atoms with Crippen molar-refractivity contribution in [2.24, 2.45) is 5.10 Å². The van der Waals surface area contributed by atoms with Gasteiger partial charge in [-0.05, 0) is 92.1 Å². The van der Waals surface area contributed by atoms with Crippen LogP contribution in [0.15, 0.2) is 113 Å². The van der Waals surface area contributed by atoms with Crippen molar-refractivity contribution >= 4 is 33.7 Å². The molecule has 11 heteroatoms. The first-order valence-electron chi connectivity index (χ1n) is 14.4. The van der Waals surface area contributed by atoms with Crippen LogP contribution in [0.1, 0.15) is 23.6 Å². The van der Waals surface area contributed by atoms with Gasteiger partial charge in [0, 0.05) is 6.54 Å². The number of hydrogen-bond acceptors (Lipinski definition) is 7. The van der Waals surface area contributed by atoms with Crippen LogP contribution in [0.5, 0.6) is 11.5 Å². The molecule has 0 radical (unpaired) electrons. The van der Waals surface area contributed by atoms with Crippen molar-refractivity contribution < 1.29 is 27.5 Å². The van der Waals surface area contributed by atoms with Gasteiger partial charge in [-0.3, -0.25) is 13.9 Å². The Morgan fingerprint density at radius 2 is 1.47 bits per heavy atom. The number of hydrogen-bond donors (Lipinski definition) is 2. The summed E-state index contributed by atoms with van der Waals surface area (Å²) >= 11 is 0. The Morgan fingerprint density at radius 1 is 0.822 bits per heavy atom. The molecule has 0 heterocycles. The van der Waals surface area contributed by atoms with Crippen molar-refractivity contribution in [2.75, 3.05) is 30.6 Å². The molecule has 2 amide bonds. The lowest BCUT2D eigenvalue weighted by Gasteiger charge is -2.24. The predicted octanol–water partition coefficient (Wildman–Crippen LogP) is 4.48. The standard InChI is InChI=1S/C34H36N4O6S/c1-3-43-30-17-13-29(14-18-30)38(45(41,42)32-19-9-26(2)10-20-32)24-33(39)37-36-23-28-11-15-31(16-12-28)44-25-34(40)35-22-21-27-7-5-4-6-8-27/h4-20,23H,3,21-22,24-25H2,1-2H3,(H,35,40)(H,37,39)/b36-23-. The van der Waals surface area contributed by atoms with E-state index in [9.17, 15) is 18.0 Å². The van der Waals surface area contributed by atoms with E-state index in [4.69, 9.17) is 9.47 Å². The molecule has 4 aromatic carbocycles. The molecule has 0 saturated carbocycles. The van der Waals surface area contributed by atoms with E-state index in [-0.39, 0.29) is 17.4 Å². The Balaban J connectivity index is 1.31. The molecule has 0 spiro atoms. The largest absolute Gasteiger partial charge is 0.494 e. The fraction of sp³-hybridized carbons (Fsp3) is 0.206. The first kappa shape index (κ1) is 32.7. The van der Waals surface area contributed by atoms with Gasteiger partial charge in [0.1, 0.15) is 18.0 Å². The maximum atomic E-state index is 13.6. The topological polar surface area (TPSA) is 126 Å². The summed E-state index contributed by atoms with van der Waals surface area (Å²) in [7, 11) is -4.07. The average Bonchev–Trinajstić information content (AvgIpc) is 3.04. The number of nitrogens with one attached hydrogen (secondary N) is 2. The molecule has 0 aliphatic rings. The van der Waals surface area contributed by atoms with Crippen molar-refractivity contribution in [2.45, 2.75) is 25.2 Å². The van der Waals surface area contributed by atoms with Crippen molar-refractivity contribution in [3.8, 4) is 11.5 Å². The summed E-state index contributed by atoms with van der Waals surface area (Å²) < 4.78 is 39.2. The quantitative estimate of drug-likeness (QED) is 0.148. The number of benzene rings is 4. The minimum absolute atomic E-state index is 0.0604. The summed E-state index contributed by atoms with van der Waals surface area (Å²) in [6, 6.07) is 29.6. The fourth-order valence-electron chi connectivity index (χ4n) is 4.21. The first-order valence-corrected chi connectivity index (χ1v) is 15.9. The number of carbonyl (C=O) groups is 2. The van der Waals surface area contributed by atoms with Crippen LogP contribution in [0, 0.1) is 6.92 Å². The number of hydrazone groups is 1. The third-order valence-electron chi connectivity index (χ3n) is 6.56. The van der Waals surface area contributed by atoms with Crippen molar-refractivity contribution in [3.05, 3.63) is 120 Å². The van der Waals surface area contributed by atoms with Gasteiger partial charge in [-0.25, -0.2) is 13.8 Å². The zero-order valence-electron chi connectivity index (χ0n) is 25.2. The Labute approximate surface area is 263 Å². The number of carbonyl (C=O) groups excluding carboxylic acids is 2. The summed E-state index contributed by atoms with van der Waals surface area (Å²) in [4.78, 5) is 25.0. The van der Waals surface area contributed by atoms with Crippen LogP contribution in [-0.4, -0.2) is 52.8 Å². The highest BCUT2D eigenvalue weighted by atomic mass is 32.2. The molecule has 4 rings (SSSR count). The number of nitrogens with zero attached hydrogens (tertiary/aromatic N) is 2. The fourth-order valence-corrected chi connectivity index (χ4v) is 5.63. The van der Waals surface area contributed by atoms with E-state index in [0.29, 0.717) is 35.9 Å². The van der Waals surface area contributed by atoms with Gasteiger partial charge in [-0.1, -0.05) is 48.0 Å². The van der Waals surface area contributed by atoms with E-state index < -0.39 is 22.5 Å². The Kier molecular flexibility index (Phi) is 11.7. The molecular formula is C34H36N4O6S. The van der Waals surface area contributed by atoms with Crippen LogP contribution in [0.25, 0.3) is 0 Å². The molecule has 0 aliphatic heterocycles. The zero-order chi connectivity index (χ0) is 32.1. The molecule has 0 unspecified atom stereocenters. The molecule has 0 aliphatic carbocycles. The molecule has 0 atom stereocenters. The number of amides is 2. The van der Waals surface area contributed by atoms with Gasteiger partial charge in [-0.15, -0.1) is 0 Å². The highest BCUT2D eigenvalue weighted by Crippen LogP contribution is 2.26. The van der Waals surface area contributed by atoms with Gasteiger partial charge in [0.05, 0.1) is 23.4 Å². The molecule has 0 fully saturated rings. The zero-order valence-corrected chi connectivity index (χ0v) is 26.0. The maximum absolute atomic E-state index is 13.6. The molecular weight excluding hydrogens is 592 g/mol. The Hall–Kier alpha value is -5.16. The minimum Gasteiger partial charge on any atom is -0.494 e. The summed E-state index contributed by atoms with van der Waals surface area (Å²) in [5, 5.41) is 6.82. The van der Waals surface area contributed by atoms with E-state index in [2.05, 4.69) is 15.8 Å². The van der Waals surface area contributed by atoms with Gasteiger partial charge in [0.15, 0.2) is 6.61 Å². The number of aryl methyl sites for hydroxylation is 1. The van der Waals surface area contributed by atoms with Gasteiger partial charge in [0.25, 0.3) is 21.8 Å². The van der Waals surface area contributed by atoms with Crippen LogP contribution < -0.4 is 24.5 Å². The predicted molar refractivity (Wildman–Crippen MR) is 174 cm³/mol. The maximum Gasteiger partial charge on any atom is 0.264 e.